The van der Waals surface area contributed by atoms with E-state index in [1.54, 1.807) is 17.9 Å². The average molecular weight is 362 g/mol. The maximum atomic E-state index is 12.3. The second-order valence-corrected chi connectivity index (χ2v) is 6.32. The summed E-state index contributed by atoms with van der Waals surface area (Å²) in [5.41, 5.74) is 3.49. The van der Waals surface area contributed by atoms with E-state index < -0.39 is 0 Å². The number of nitrogens with one attached hydrogen (secondary N) is 1. The van der Waals surface area contributed by atoms with Gasteiger partial charge in [-0.2, -0.15) is 4.80 Å². The lowest BCUT2D eigenvalue weighted by Gasteiger charge is -2.15. The van der Waals surface area contributed by atoms with E-state index in [0.717, 1.165) is 23.2 Å². The van der Waals surface area contributed by atoms with Crippen molar-refractivity contribution in [2.75, 3.05) is 16.8 Å². The van der Waals surface area contributed by atoms with Gasteiger partial charge in [-0.05, 0) is 35.4 Å². The van der Waals surface area contributed by atoms with Crippen LogP contribution in [-0.2, 0) is 22.6 Å². The molecule has 0 atom stereocenters. The summed E-state index contributed by atoms with van der Waals surface area (Å²) in [7, 11) is 0. The quantitative estimate of drug-likeness (QED) is 0.765. The van der Waals surface area contributed by atoms with E-state index in [1.165, 1.54) is 4.80 Å². The summed E-state index contributed by atoms with van der Waals surface area (Å²) < 4.78 is 0. The number of carbonyl (C=O) groups excluding carboxylic acids is 2. The van der Waals surface area contributed by atoms with Crippen molar-refractivity contribution < 1.29 is 9.59 Å². The van der Waals surface area contributed by atoms with Crippen LogP contribution in [0.15, 0.2) is 48.5 Å². The van der Waals surface area contributed by atoms with Crippen molar-refractivity contribution in [2.45, 2.75) is 19.9 Å². The number of fused-ring (bicyclic) bond motifs is 1. The number of nitrogens with zero attached hydrogens (tertiary/aromatic N) is 5. The molecule has 4 rings (SSSR count). The van der Waals surface area contributed by atoms with Gasteiger partial charge in [0.15, 0.2) is 0 Å². The first-order chi connectivity index (χ1) is 13.1. The third-order valence-corrected chi connectivity index (χ3v) is 4.41. The van der Waals surface area contributed by atoms with Crippen molar-refractivity contribution in [3.05, 3.63) is 54.1 Å². The number of anilines is 2. The molecule has 2 heterocycles. The van der Waals surface area contributed by atoms with Crippen LogP contribution in [0, 0.1) is 0 Å². The Hall–Kier alpha value is -3.55. The number of rotatable bonds is 4. The third-order valence-electron chi connectivity index (χ3n) is 4.41. The van der Waals surface area contributed by atoms with Gasteiger partial charge in [-0.1, -0.05) is 30.3 Å². The van der Waals surface area contributed by atoms with E-state index in [2.05, 4.69) is 20.7 Å². The Balaban J connectivity index is 1.42. The second-order valence-electron chi connectivity index (χ2n) is 6.32. The number of amides is 2. The normalized spacial score (nSPS) is 12.7. The minimum Gasteiger partial charge on any atom is -0.324 e. The first-order valence-corrected chi connectivity index (χ1v) is 8.64. The highest BCUT2D eigenvalue weighted by Gasteiger charge is 2.22. The highest BCUT2D eigenvalue weighted by Crippen LogP contribution is 2.30. The number of aromatic nitrogens is 4. The highest BCUT2D eigenvalue weighted by molar-refractivity contribution is 5.95. The molecule has 136 valence electrons. The molecular formula is C19H18N6O2. The number of hydrogen-bond donors (Lipinski definition) is 1. The monoisotopic (exact) mass is 362 g/mol. The maximum Gasteiger partial charge on any atom is 0.248 e. The standard InChI is InChI=1S/C19H18N6O2/c1-13(26)24-10-9-15-11-16(7-8-17(15)24)20-18(27)12-25-22-19(21-23-25)14-5-3-2-4-6-14/h2-8,11H,9-10,12H2,1H3,(H,20,27). The van der Waals surface area contributed by atoms with Gasteiger partial charge >= 0.3 is 0 Å². The zero-order valence-electron chi connectivity index (χ0n) is 14.8. The minimum atomic E-state index is -0.242. The molecular weight excluding hydrogens is 344 g/mol. The molecule has 1 aliphatic heterocycles. The van der Waals surface area contributed by atoms with Crippen LogP contribution in [0.4, 0.5) is 11.4 Å². The van der Waals surface area contributed by atoms with Crippen LogP contribution in [0.3, 0.4) is 0 Å². The van der Waals surface area contributed by atoms with Gasteiger partial charge in [-0.25, -0.2) is 0 Å². The van der Waals surface area contributed by atoms with Crippen molar-refractivity contribution in [1.82, 2.24) is 20.2 Å². The van der Waals surface area contributed by atoms with Crippen LogP contribution in [0.25, 0.3) is 11.4 Å². The van der Waals surface area contributed by atoms with E-state index in [4.69, 9.17) is 0 Å². The van der Waals surface area contributed by atoms with Crippen LogP contribution in [0.1, 0.15) is 12.5 Å². The lowest BCUT2D eigenvalue weighted by molar-refractivity contribution is -0.117. The van der Waals surface area contributed by atoms with Gasteiger partial charge in [-0.3, -0.25) is 9.59 Å². The van der Waals surface area contributed by atoms with Gasteiger partial charge in [0.1, 0.15) is 6.54 Å². The predicted octanol–water partition coefficient (Wildman–Crippen LogP) is 1.89. The van der Waals surface area contributed by atoms with E-state index in [1.807, 2.05) is 42.5 Å². The lowest BCUT2D eigenvalue weighted by atomic mass is 10.1. The fourth-order valence-electron chi connectivity index (χ4n) is 3.15. The Kier molecular flexibility index (Phi) is 4.37. The third kappa shape index (κ3) is 3.55. The van der Waals surface area contributed by atoms with E-state index in [-0.39, 0.29) is 18.4 Å². The molecule has 1 aromatic heterocycles. The molecule has 8 nitrogen and oxygen atoms in total. The van der Waals surface area contributed by atoms with Crippen molar-refractivity contribution in [3.63, 3.8) is 0 Å². The van der Waals surface area contributed by atoms with Gasteiger partial charge < -0.3 is 10.2 Å². The van der Waals surface area contributed by atoms with Crippen LogP contribution < -0.4 is 10.2 Å². The van der Waals surface area contributed by atoms with Crippen molar-refractivity contribution in [1.29, 1.82) is 0 Å². The van der Waals surface area contributed by atoms with Crippen molar-refractivity contribution in [2.24, 2.45) is 0 Å². The molecule has 2 amide bonds. The molecule has 0 aliphatic carbocycles. The molecule has 0 unspecified atom stereocenters. The molecule has 0 bridgehead atoms. The molecule has 0 radical (unpaired) electrons. The Morgan fingerprint density at radius 3 is 2.74 bits per heavy atom. The minimum absolute atomic E-state index is 0.0250. The van der Waals surface area contributed by atoms with E-state index in [9.17, 15) is 9.59 Å². The first kappa shape index (κ1) is 16.9. The topological polar surface area (TPSA) is 93.0 Å². The van der Waals surface area contributed by atoms with Crippen LogP contribution in [-0.4, -0.2) is 38.6 Å². The molecule has 1 aliphatic rings. The SMILES string of the molecule is CC(=O)N1CCc2cc(NC(=O)Cn3nnc(-c4ccccc4)n3)ccc21. The van der Waals surface area contributed by atoms with Gasteiger partial charge in [-0.15, -0.1) is 10.2 Å². The first-order valence-electron chi connectivity index (χ1n) is 8.64. The van der Waals surface area contributed by atoms with E-state index >= 15 is 0 Å². The van der Waals surface area contributed by atoms with Crippen LogP contribution >= 0.6 is 0 Å². The number of tetrazole rings is 1. The summed E-state index contributed by atoms with van der Waals surface area (Å²) in [6.45, 7) is 2.20. The molecule has 3 aromatic rings. The molecule has 8 heteroatoms. The Labute approximate surface area is 155 Å². The van der Waals surface area contributed by atoms with Crippen molar-refractivity contribution >= 4 is 23.2 Å². The van der Waals surface area contributed by atoms with Gasteiger partial charge in [0.05, 0.1) is 0 Å². The fourth-order valence-corrected chi connectivity index (χ4v) is 3.15. The molecule has 1 N–H and O–H groups in total. The van der Waals surface area contributed by atoms with Crippen LogP contribution in [0.5, 0.6) is 0 Å². The zero-order chi connectivity index (χ0) is 18.8. The molecule has 0 saturated carbocycles. The molecule has 0 saturated heterocycles. The number of benzene rings is 2. The molecule has 27 heavy (non-hydrogen) atoms. The highest BCUT2D eigenvalue weighted by atomic mass is 16.2. The number of carbonyl (C=O) groups is 2. The smallest absolute Gasteiger partial charge is 0.248 e. The van der Waals surface area contributed by atoms with Gasteiger partial charge in [0.25, 0.3) is 0 Å². The van der Waals surface area contributed by atoms with Crippen LogP contribution in [0.2, 0.25) is 0 Å². The Morgan fingerprint density at radius 1 is 1.15 bits per heavy atom. The largest absolute Gasteiger partial charge is 0.324 e. The zero-order valence-corrected chi connectivity index (χ0v) is 14.8. The summed E-state index contributed by atoms with van der Waals surface area (Å²) in [5, 5.41) is 15.0. The molecule has 2 aromatic carbocycles. The summed E-state index contributed by atoms with van der Waals surface area (Å²) in [5.74, 6) is 0.260. The molecule has 0 spiro atoms. The fraction of sp³-hybridized carbons (Fsp3) is 0.211. The van der Waals surface area contributed by atoms with Gasteiger partial charge in [0, 0.05) is 30.4 Å². The summed E-state index contributed by atoms with van der Waals surface area (Å²) in [4.78, 5) is 26.9. The molecule has 0 fully saturated rings. The van der Waals surface area contributed by atoms with Crippen molar-refractivity contribution in [3.8, 4) is 11.4 Å². The Bertz CT molecular complexity index is 998. The maximum absolute atomic E-state index is 12.3. The van der Waals surface area contributed by atoms with E-state index in [0.29, 0.717) is 18.1 Å². The average Bonchev–Trinajstić information content (AvgIpc) is 3.29. The predicted molar refractivity (Wildman–Crippen MR) is 100 cm³/mol. The lowest BCUT2D eigenvalue weighted by Crippen LogP contribution is -2.25. The summed E-state index contributed by atoms with van der Waals surface area (Å²) >= 11 is 0. The van der Waals surface area contributed by atoms with Gasteiger partial charge in [0.2, 0.25) is 17.6 Å². The number of hydrogen-bond acceptors (Lipinski definition) is 5. The summed E-state index contributed by atoms with van der Waals surface area (Å²) in [6.07, 6.45) is 0.781. The Morgan fingerprint density at radius 2 is 1.96 bits per heavy atom. The summed E-state index contributed by atoms with van der Waals surface area (Å²) in [6, 6.07) is 15.0. The second kappa shape index (κ2) is 6.99.